The van der Waals surface area contributed by atoms with E-state index in [1.54, 1.807) is 0 Å². The zero-order valence-corrected chi connectivity index (χ0v) is 12.9. The number of hydrogen-bond acceptors (Lipinski definition) is 3. The third-order valence-corrected chi connectivity index (χ3v) is 5.12. The zero-order valence-electron chi connectivity index (χ0n) is 12.0. The summed E-state index contributed by atoms with van der Waals surface area (Å²) in [4.78, 5) is 14.9. The molecule has 1 aromatic carbocycles. The molecule has 4 nitrogen and oxygen atoms in total. The van der Waals surface area contributed by atoms with Crippen molar-refractivity contribution in [2.45, 2.75) is 18.9 Å². The van der Waals surface area contributed by atoms with Gasteiger partial charge in [-0.05, 0) is 49.4 Å². The first-order chi connectivity index (χ1) is 9.81. The molecule has 5 heteroatoms. The maximum atomic E-state index is 12.5. The molecule has 3 aliphatic rings. The van der Waals surface area contributed by atoms with E-state index in [0.29, 0.717) is 0 Å². The second-order valence-electron chi connectivity index (χ2n) is 6.33. The van der Waals surface area contributed by atoms with Crippen molar-refractivity contribution in [3.05, 3.63) is 29.8 Å². The standard InChI is InChI=1S/C16H21N3O.ClH/c20-16-15(19-9-12-7-17-8-13(12)10-19)6-5-11-3-1-2-4-14(11)18-16;/h1-4,12-13,15,17H,5-10H2,(H,18,20);1H/t12-,13+,15?;. The number of rotatable bonds is 1. The number of amides is 1. The van der Waals surface area contributed by atoms with Crippen LogP contribution in [0.2, 0.25) is 0 Å². The highest BCUT2D eigenvalue weighted by atomic mass is 35.5. The normalized spacial score (nSPS) is 31.8. The summed E-state index contributed by atoms with van der Waals surface area (Å²) in [7, 11) is 0. The van der Waals surface area contributed by atoms with Crippen LogP contribution >= 0.6 is 12.4 Å². The Hall–Kier alpha value is -1.10. The van der Waals surface area contributed by atoms with Gasteiger partial charge in [0.2, 0.25) is 5.91 Å². The monoisotopic (exact) mass is 307 g/mol. The lowest BCUT2D eigenvalue weighted by molar-refractivity contribution is -0.121. The van der Waals surface area contributed by atoms with E-state index < -0.39 is 0 Å². The SMILES string of the molecule is Cl.O=C1Nc2ccccc2CCC1N1C[C@H]2CNC[C@H]2C1. The van der Waals surface area contributed by atoms with Crippen molar-refractivity contribution in [2.75, 3.05) is 31.5 Å². The molecule has 1 unspecified atom stereocenters. The molecule has 2 N–H and O–H groups in total. The molecule has 1 aromatic rings. The Morgan fingerprint density at radius 1 is 1.10 bits per heavy atom. The van der Waals surface area contributed by atoms with Crippen molar-refractivity contribution in [3.63, 3.8) is 0 Å². The number of carbonyl (C=O) groups excluding carboxylic acids is 1. The molecule has 1 amide bonds. The third-order valence-electron chi connectivity index (χ3n) is 5.12. The maximum absolute atomic E-state index is 12.5. The first-order valence-corrected chi connectivity index (χ1v) is 7.65. The summed E-state index contributed by atoms with van der Waals surface area (Å²) in [5.41, 5.74) is 2.27. The van der Waals surface area contributed by atoms with Crippen molar-refractivity contribution >= 4 is 24.0 Å². The Morgan fingerprint density at radius 2 is 1.81 bits per heavy atom. The van der Waals surface area contributed by atoms with Crippen LogP contribution in [-0.2, 0) is 11.2 Å². The van der Waals surface area contributed by atoms with Crippen LogP contribution in [0.1, 0.15) is 12.0 Å². The number of aryl methyl sites for hydroxylation is 1. The smallest absolute Gasteiger partial charge is 0.241 e. The summed E-state index contributed by atoms with van der Waals surface area (Å²) in [6.45, 7) is 4.39. The molecule has 0 bridgehead atoms. The van der Waals surface area contributed by atoms with E-state index in [1.807, 2.05) is 12.1 Å². The fourth-order valence-corrected chi connectivity index (χ4v) is 3.99. The number of carbonyl (C=O) groups is 1. The van der Waals surface area contributed by atoms with Crippen LogP contribution in [0, 0.1) is 11.8 Å². The van der Waals surface area contributed by atoms with Crippen molar-refractivity contribution in [3.8, 4) is 0 Å². The zero-order chi connectivity index (χ0) is 13.5. The predicted octanol–water partition coefficient (Wildman–Crippen LogP) is 1.51. The van der Waals surface area contributed by atoms with Gasteiger partial charge in [0.05, 0.1) is 6.04 Å². The first kappa shape index (κ1) is 14.8. The molecule has 0 aromatic heterocycles. The van der Waals surface area contributed by atoms with Gasteiger partial charge in [-0.25, -0.2) is 0 Å². The number of hydrogen-bond donors (Lipinski definition) is 2. The maximum Gasteiger partial charge on any atom is 0.241 e. The van der Waals surface area contributed by atoms with Gasteiger partial charge in [-0.1, -0.05) is 18.2 Å². The first-order valence-electron chi connectivity index (χ1n) is 7.65. The molecule has 4 rings (SSSR count). The summed E-state index contributed by atoms with van der Waals surface area (Å²) in [5, 5.41) is 6.58. The molecule has 0 spiro atoms. The highest BCUT2D eigenvalue weighted by molar-refractivity contribution is 5.96. The fourth-order valence-electron chi connectivity index (χ4n) is 3.99. The Labute approximate surface area is 131 Å². The number of nitrogens with one attached hydrogen (secondary N) is 2. The van der Waals surface area contributed by atoms with Crippen LogP contribution in [0.4, 0.5) is 5.69 Å². The number of nitrogens with zero attached hydrogens (tertiary/aromatic N) is 1. The molecule has 114 valence electrons. The fraction of sp³-hybridized carbons (Fsp3) is 0.562. The highest BCUT2D eigenvalue weighted by Gasteiger charge is 2.41. The van der Waals surface area contributed by atoms with Crippen LogP contribution < -0.4 is 10.6 Å². The number of anilines is 1. The third kappa shape index (κ3) is 2.68. The van der Waals surface area contributed by atoms with Gasteiger partial charge in [-0.15, -0.1) is 12.4 Å². The Balaban J connectivity index is 0.00000132. The van der Waals surface area contributed by atoms with E-state index in [4.69, 9.17) is 0 Å². The van der Waals surface area contributed by atoms with Gasteiger partial charge in [0, 0.05) is 18.8 Å². The topological polar surface area (TPSA) is 44.4 Å². The molecule has 0 radical (unpaired) electrons. The van der Waals surface area contributed by atoms with Crippen molar-refractivity contribution in [2.24, 2.45) is 11.8 Å². The summed E-state index contributed by atoms with van der Waals surface area (Å²) >= 11 is 0. The Morgan fingerprint density at radius 3 is 2.57 bits per heavy atom. The van der Waals surface area contributed by atoms with Gasteiger partial charge in [0.1, 0.15) is 0 Å². The molecule has 21 heavy (non-hydrogen) atoms. The Kier molecular flexibility index (Phi) is 4.20. The van der Waals surface area contributed by atoms with E-state index >= 15 is 0 Å². The van der Waals surface area contributed by atoms with Crippen LogP contribution in [-0.4, -0.2) is 43.0 Å². The van der Waals surface area contributed by atoms with E-state index in [1.165, 1.54) is 5.56 Å². The van der Waals surface area contributed by atoms with Crippen LogP contribution in [0.3, 0.4) is 0 Å². The molecule has 2 fully saturated rings. The average molecular weight is 308 g/mol. The molecular weight excluding hydrogens is 286 g/mol. The molecule has 0 aliphatic carbocycles. The predicted molar refractivity (Wildman–Crippen MR) is 85.9 cm³/mol. The van der Waals surface area contributed by atoms with Crippen LogP contribution in [0.5, 0.6) is 0 Å². The largest absolute Gasteiger partial charge is 0.324 e. The minimum absolute atomic E-state index is 0. The highest BCUT2D eigenvalue weighted by Crippen LogP contribution is 2.31. The van der Waals surface area contributed by atoms with E-state index in [9.17, 15) is 4.79 Å². The molecule has 3 aliphatic heterocycles. The second kappa shape index (κ2) is 5.95. The minimum Gasteiger partial charge on any atom is -0.324 e. The van der Waals surface area contributed by atoms with Gasteiger partial charge in [-0.2, -0.15) is 0 Å². The molecule has 0 saturated carbocycles. The Bertz CT molecular complexity index is 524. The second-order valence-corrected chi connectivity index (χ2v) is 6.33. The summed E-state index contributed by atoms with van der Waals surface area (Å²) in [6.07, 6.45) is 1.93. The lowest BCUT2D eigenvalue weighted by Gasteiger charge is -2.26. The van der Waals surface area contributed by atoms with E-state index in [-0.39, 0.29) is 24.4 Å². The lowest BCUT2D eigenvalue weighted by Crippen LogP contribution is -2.43. The molecule has 3 atom stereocenters. The number of halogens is 1. The van der Waals surface area contributed by atoms with E-state index in [2.05, 4.69) is 27.7 Å². The number of fused-ring (bicyclic) bond motifs is 2. The van der Waals surface area contributed by atoms with Crippen LogP contribution in [0.15, 0.2) is 24.3 Å². The minimum atomic E-state index is 0. The molecule has 2 saturated heterocycles. The van der Waals surface area contributed by atoms with Gasteiger partial charge in [0.15, 0.2) is 0 Å². The van der Waals surface area contributed by atoms with Gasteiger partial charge < -0.3 is 10.6 Å². The van der Waals surface area contributed by atoms with Crippen molar-refractivity contribution in [1.29, 1.82) is 0 Å². The quantitative estimate of drug-likeness (QED) is 0.827. The summed E-state index contributed by atoms with van der Waals surface area (Å²) < 4.78 is 0. The summed E-state index contributed by atoms with van der Waals surface area (Å²) in [6, 6.07) is 8.23. The lowest BCUT2D eigenvalue weighted by atomic mass is 10.0. The van der Waals surface area contributed by atoms with Gasteiger partial charge in [-0.3, -0.25) is 9.69 Å². The van der Waals surface area contributed by atoms with Crippen molar-refractivity contribution in [1.82, 2.24) is 10.2 Å². The molecule has 3 heterocycles. The van der Waals surface area contributed by atoms with Crippen molar-refractivity contribution < 1.29 is 4.79 Å². The van der Waals surface area contributed by atoms with Gasteiger partial charge in [0.25, 0.3) is 0 Å². The van der Waals surface area contributed by atoms with Crippen LogP contribution in [0.25, 0.3) is 0 Å². The molecular formula is C16H22ClN3O. The average Bonchev–Trinajstić information content (AvgIpc) is 2.97. The van der Waals surface area contributed by atoms with Gasteiger partial charge >= 0.3 is 0 Å². The number of likely N-dealkylation sites (tertiary alicyclic amines) is 1. The number of benzene rings is 1. The van der Waals surface area contributed by atoms with E-state index in [0.717, 1.165) is 56.5 Å². The summed E-state index contributed by atoms with van der Waals surface area (Å²) in [5.74, 6) is 1.67. The number of para-hydroxylation sites is 1.